The quantitative estimate of drug-likeness (QED) is 0.893. The van der Waals surface area contributed by atoms with E-state index in [1.54, 1.807) is 0 Å². The predicted molar refractivity (Wildman–Crippen MR) is 71.4 cm³/mol. The molecule has 0 aliphatic carbocycles. The summed E-state index contributed by atoms with van der Waals surface area (Å²) in [5.74, 6) is 0. The summed E-state index contributed by atoms with van der Waals surface area (Å²) in [7, 11) is 1.96. The summed E-state index contributed by atoms with van der Waals surface area (Å²) in [6, 6.07) is 4.62. The van der Waals surface area contributed by atoms with Crippen LogP contribution in [0.4, 0.5) is 0 Å². The SMILES string of the molecule is CNC(C)c1ccc(SC2CCOC2C)nc1. The maximum atomic E-state index is 5.56. The fourth-order valence-corrected chi connectivity index (χ4v) is 2.96. The lowest BCUT2D eigenvalue weighted by atomic mass is 10.1. The van der Waals surface area contributed by atoms with Gasteiger partial charge in [0.05, 0.1) is 11.1 Å². The van der Waals surface area contributed by atoms with Gasteiger partial charge < -0.3 is 10.1 Å². The molecule has 0 radical (unpaired) electrons. The summed E-state index contributed by atoms with van der Waals surface area (Å²) in [4.78, 5) is 4.51. The van der Waals surface area contributed by atoms with Crippen molar-refractivity contribution < 1.29 is 4.74 Å². The highest BCUT2D eigenvalue weighted by Crippen LogP contribution is 2.31. The van der Waals surface area contributed by atoms with Gasteiger partial charge in [0, 0.05) is 24.1 Å². The van der Waals surface area contributed by atoms with E-state index in [1.807, 2.05) is 25.0 Å². The molecule has 0 bridgehead atoms. The van der Waals surface area contributed by atoms with Crippen LogP contribution in [0, 0.1) is 0 Å². The lowest BCUT2D eigenvalue weighted by Crippen LogP contribution is -2.14. The summed E-state index contributed by atoms with van der Waals surface area (Å²) >= 11 is 1.83. The molecule has 0 saturated carbocycles. The standard InChI is InChI=1S/C13H20N2OS/c1-9(14-3)11-4-5-13(15-8-11)17-12-6-7-16-10(12)2/h4-5,8-10,12,14H,6-7H2,1-3H3. The number of nitrogens with one attached hydrogen (secondary N) is 1. The first kappa shape index (κ1) is 12.9. The van der Waals surface area contributed by atoms with Crippen molar-refractivity contribution in [1.29, 1.82) is 0 Å². The van der Waals surface area contributed by atoms with Crippen LogP contribution >= 0.6 is 11.8 Å². The average molecular weight is 252 g/mol. The maximum Gasteiger partial charge on any atom is 0.0963 e. The van der Waals surface area contributed by atoms with E-state index in [-0.39, 0.29) is 0 Å². The third kappa shape index (κ3) is 3.21. The number of hydrogen-bond acceptors (Lipinski definition) is 4. The van der Waals surface area contributed by atoms with E-state index < -0.39 is 0 Å². The van der Waals surface area contributed by atoms with Crippen molar-refractivity contribution in [2.75, 3.05) is 13.7 Å². The molecule has 17 heavy (non-hydrogen) atoms. The number of nitrogens with zero attached hydrogens (tertiary/aromatic N) is 1. The van der Waals surface area contributed by atoms with Gasteiger partial charge in [-0.05, 0) is 38.9 Å². The lowest BCUT2D eigenvalue weighted by Gasteiger charge is -2.14. The van der Waals surface area contributed by atoms with E-state index in [0.717, 1.165) is 18.1 Å². The Labute approximate surface area is 107 Å². The second-order valence-corrected chi connectivity index (χ2v) is 5.72. The smallest absolute Gasteiger partial charge is 0.0963 e. The molecular formula is C13H20N2OS. The molecule has 2 rings (SSSR count). The van der Waals surface area contributed by atoms with Crippen molar-refractivity contribution >= 4 is 11.8 Å². The summed E-state index contributed by atoms with van der Waals surface area (Å²) in [6.07, 6.45) is 3.43. The number of pyridine rings is 1. The largest absolute Gasteiger partial charge is 0.377 e. The Morgan fingerprint density at radius 2 is 2.35 bits per heavy atom. The van der Waals surface area contributed by atoms with Gasteiger partial charge >= 0.3 is 0 Å². The van der Waals surface area contributed by atoms with E-state index in [4.69, 9.17) is 4.74 Å². The fraction of sp³-hybridized carbons (Fsp3) is 0.615. The molecule has 4 heteroatoms. The summed E-state index contributed by atoms with van der Waals surface area (Å²) in [5.41, 5.74) is 1.23. The van der Waals surface area contributed by atoms with Crippen molar-refractivity contribution in [3.05, 3.63) is 23.9 Å². The van der Waals surface area contributed by atoms with Gasteiger partial charge in [0.2, 0.25) is 0 Å². The Hall–Kier alpha value is -0.580. The van der Waals surface area contributed by atoms with Crippen LogP contribution in [0.1, 0.15) is 31.9 Å². The zero-order chi connectivity index (χ0) is 12.3. The fourth-order valence-electron chi connectivity index (χ4n) is 1.91. The van der Waals surface area contributed by atoms with E-state index >= 15 is 0 Å². The van der Waals surface area contributed by atoms with Crippen molar-refractivity contribution in [2.45, 2.75) is 42.7 Å². The minimum atomic E-state index is 0.345. The molecular weight excluding hydrogens is 232 g/mol. The first-order valence-electron chi connectivity index (χ1n) is 6.12. The van der Waals surface area contributed by atoms with Crippen LogP contribution in [-0.4, -0.2) is 30.0 Å². The molecule has 1 aliphatic rings. The van der Waals surface area contributed by atoms with Gasteiger partial charge in [-0.15, -0.1) is 11.8 Å². The van der Waals surface area contributed by atoms with Gasteiger partial charge in [0.15, 0.2) is 0 Å². The molecule has 0 spiro atoms. The van der Waals surface area contributed by atoms with Crippen molar-refractivity contribution in [3.63, 3.8) is 0 Å². The Morgan fingerprint density at radius 3 is 2.88 bits per heavy atom. The van der Waals surface area contributed by atoms with E-state index in [9.17, 15) is 0 Å². The maximum absolute atomic E-state index is 5.56. The third-order valence-electron chi connectivity index (χ3n) is 3.27. The van der Waals surface area contributed by atoms with E-state index in [1.165, 1.54) is 5.56 Å². The third-order valence-corrected chi connectivity index (χ3v) is 4.68. The summed E-state index contributed by atoms with van der Waals surface area (Å²) in [6.45, 7) is 5.16. The lowest BCUT2D eigenvalue weighted by molar-refractivity contribution is 0.127. The second-order valence-electron chi connectivity index (χ2n) is 4.46. The minimum Gasteiger partial charge on any atom is -0.377 e. The molecule has 3 atom stereocenters. The molecule has 94 valence electrons. The molecule has 0 aromatic carbocycles. The molecule has 2 heterocycles. The number of thioether (sulfide) groups is 1. The van der Waals surface area contributed by atoms with Gasteiger partial charge in [-0.25, -0.2) is 4.98 Å². The number of rotatable bonds is 4. The van der Waals surface area contributed by atoms with Crippen molar-refractivity contribution in [3.8, 4) is 0 Å². The van der Waals surface area contributed by atoms with Crippen LogP contribution in [0.2, 0.25) is 0 Å². The Bertz CT molecular complexity index is 355. The molecule has 1 aromatic heterocycles. The van der Waals surface area contributed by atoms with Gasteiger partial charge in [-0.2, -0.15) is 0 Å². The molecule has 3 nitrogen and oxygen atoms in total. The molecule has 3 unspecified atom stereocenters. The first-order chi connectivity index (χ1) is 8.20. The van der Waals surface area contributed by atoms with Crippen molar-refractivity contribution in [1.82, 2.24) is 10.3 Å². The molecule has 1 N–H and O–H groups in total. The first-order valence-corrected chi connectivity index (χ1v) is 7.00. The van der Waals surface area contributed by atoms with Gasteiger partial charge in [-0.1, -0.05) is 6.07 Å². The van der Waals surface area contributed by atoms with E-state index in [0.29, 0.717) is 17.4 Å². The average Bonchev–Trinajstić information content (AvgIpc) is 2.75. The topological polar surface area (TPSA) is 34.1 Å². The van der Waals surface area contributed by atoms with Crippen LogP contribution < -0.4 is 5.32 Å². The monoisotopic (exact) mass is 252 g/mol. The van der Waals surface area contributed by atoms with Crippen LogP contribution in [0.3, 0.4) is 0 Å². The molecule has 1 aliphatic heterocycles. The highest BCUT2D eigenvalue weighted by molar-refractivity contribution is 7.99. The zero-order valence-corrected chi connectivity index (χ0v) is 11.5. The van der Waals surface area contributed by atoms with Crippen molar-refractivity contribution in [2.24, 2.45) is 0 Å². The van der Waals surface area contributed by atoms with Crippen LogP contribution in [0.25, 0.3) is 0 Å². The summed E-state index contributed by atoms with van der Waals surface area (Å²) < 4.78 is 5.56. The number of ether oxygens (including phenoxy) is 1. The van der Waals surface area contributed by atoms with Gasteiger partial charge in [0.1, 0.15) is 0 Å². The molecule has 0 amide bonds. The van der Waals surface area contributed by atoms with Crippen LogP contribution in [0.15, 0.2) is 23.4 Å². The molecule has 1 saturated heterocycles. The number of hydrogen-bond donors (Lipinski definition) is 1. The predicted octanol–water partition coefficient (Wildman–Crippen LogP) is 2.63. The highest BCUT2D eigenvalue weighted by atomic mass is 32.2. The summed E-state index contributed by atoms with van der Waals surface area (Å²) in [5, 5.41) is 4.86. The van der Waals surface area contributed by atoms with Gasteiger partial charge in [-0.3, -0.25) is 0 Å². The van der Waals surface area contributed by atoms with E-state index in [2.05, 4.69) is 36.3 Å². The van der Waals surface area contributed by atoms with Crippen LogP contribution in [-0.2, 0) is 4.74 Å². The van der Waals surface area contributed by atoms with Crippen LogP contribution in [0.5, 0.6) is 0 Å². The molecule has 1 fully saturated rings. The zero-order valence-electron chi connectivity index (χ0n) is 10.6. The Kier molecular flexibility index (Phi) is 4.42. The number of aromatic nitrogens is 1. The van der Waals surface area contributed by atoms with Gasteiger partial charge in [0.25, 0.3) is 0 Å². The minimum absolute atomic E-state index is 0.345. The normalized spacial score (nSPS) is 26.1. The Morgan fingerprint density at radius 1 is 1.53 bits per heavy atom. The second kappa shape index (κ2) is 5.85. The Balaban J connectivity index is 1.98. The molecule has 1 aromatic rings. The highest BCUT2D eigenvalue weighted by Gasteiger charge is 2.25.